The molecule has 0 radical (unpaired) electrons. The highest BCUT2D eigenvalue weighted by molar-refractivity contribution is 6.00. The smallest absolute Gasteiger partial charge is 0.270 e. The van der Waals surface area contributed by atoms with Gasteiger partial charge in [-0.25, -0.2) is 0 Å². The molecule has 1 aliphatic heterocycles. The van der Waals surface area contributed by atoms with Crippen molar-refractivity contribution in [1.29, 1.82) is 0 Å². The van der Waals surface area contributed by atoms with Gasteiger partial charge in [-0.1, -0.05) is 26.0 Å². The molecule has 1 fully saturated rings. The summed E-state index contributed by atoms with van der Waals surface area (Å²) in [5.74, 6) is 1.22. The Balaban J connectivity index is 1.90. The number of amides is 1. The number of aromatic amines is 1. The number of hydrogen-bond donors (Lipinski definition) is 2. The summed E-state index contributed by atoms with van der Waals surface area (Å²) in [4.78, 5) is 17.8. The molecule has 2 heterocycles. The maximum Gasteiger partial charge on any atom is 0.270 e. The number of para-hydroxylation sites is 1. The van der Waals surface area contributed by atoms with Crippen molar-refractivity contribution in [2.24, 2.45) is 11.8 Å². The summed E-state index contributed by atoms with van der Waals surface area (Å²) in [5.41, 5.74) is 8.11. The average molecular weight is 271 g/mol. The van der Waals surface area contributed by atoms with Crippen molar-refractivity contribution in [1.82, 2.24) is 9.88 Å². The zero-order valence-electron chi connectivity index (χ0n) is 12.0. The number of likely N-dealkylation sites (tertiary alicyclic amines) is 1. The molecule has 4 heteroatoms. The van der Waals surface area contributed by atoms with Crippen molar-refractivity contribution < 1.29 is 4.79 Å². The van der Waals surface area contributed by atoms with Gasteiger partial charge in [0, 0.05) is 18.5 Å². The lowest BCUT2D eigenvalue weighted by Crippen LogP contribution is -2.42. The maximum absolute atomic E-state index is 12.6. The zero-order valence-corrected chi connectivity index (χ0v) is 12.0. The highest BCUT2D eigenvalue weighted by atomic mass is 16.2. The van der Waals surface area contributed by atoms with Crippen LogP contribution in [0.5, 0.6) is 0 Å². The SMILES string of the molecule is CC1CC(C)CN(C(=O)c2cc3cccc(N)c3[nH]2)C1. The van der Waals surface area contributed by atoms with E-state index in [-0.39, 0.29) is 5.91 Å². The van der Waals surface area contributed by atoms with Gasteiger partial charge in [0.1, 0.15) is 5.69 Å². The Hall–Kier alpha value is -1.97. The van der Waals surface area contributed by atoms with Gasteiger partial charge in [-0.2, -0.15) is 0 Å². The standard InChI is InChI=1S/C16H21N3O/c1-10-6-11(2)9-19(8-10)16(20)14-7-12-4-3-5-13(17)15(12)18-14/h3-5,7,10-11,18H,6,8-9,17H2,1-2H3. The van der Waals surface area contributed by atoms with Crippen LogP contribution < -0.4 is 5.73 Å². The Kier molecular flexibility index (Phi) is 3.16. The number of carbonyl (C=O) groups is 1. The number of nitrogens with one attached hydrogen (secondary N) is 1. The lowest BCUT2D eigenvalue weighted by atomic mass is 9.92. The van der Waals surface area contributed by atoms with E-state index in [1.165, 1.54) is 6.42 Å². The molecule has 4 nitrogen and oxygen atoms in total. The monoisotopic (exact) mass is 271 g/mol. The zero-order chi connectivity index (χ0) is 14.3. The van der Waals surface area contributed by atoms with Crippen molar-refractivity contribution in [3.05, 3.63) is 30.0 Å². The number of H-pyrrole nitrogens is 1. The van der Waals surface area contributed by atoms with Crippen molar-refractivity contribution in [3.8, 4) is 0 Å². The largest absolute Gasteiger partial charge is 0.397 e. The molecule has 0 bridgehead atoms. The Morgan fingerprint density at radius 3 is 2.65 bits per heavy atom. The van der Waals surface area contributed by atoms with Gasteiger partial charge in [-0.15, -0.1) is 0 Å². The molecule has 1 aromatic heterocycles. The Labute approximate surface area is 118 Å². The minimum atomic E-state index is 0.0824. The Morgan fingerprint density at radius 2 is 2.00 bits per heavy atom. The lowest BCUT2D eigenvalue weighted by Gasteiger charge is -2.34. The van der Waals surface area contributed by atoms with E-state index in [2.05, 4.69) is 18.8 Å². The van der Waals surface area contributed by atoms with Crippen LogP contribution in [-0.2, 0) is 0 Å². The van der Waals surface area contributed by atoms with Crippen LogP contribution in [0, 0.1) is 11.8 Å². The van der Waals surface area contributed by atoms with Crippen LogP contribution in [0.15, 0.2) is 24.3 Å². The van der Waals surface area contributed by atoms with E-state index in [4.69, 9.17) is 5.73 Å². The third kappa shape index (κ3) is 2.26. The second-order valence-corrected chi connectivity index (χ2v) is 6.15. The van der Waals surface area contributed by atoms with E-state index in [9.17, 15) is 4.79 Å². The first-order chi connectivity index (χ1) is 9.54. The Morgan fingerprint density at radius 1 is 1.30 bits per heavy atom. The van der Waals surface area contributed by atoms with Crippen LogP contribution in [0.2, 0.25) is 0 Å². The van der Waals surface area contributed by atoms with E-state index in [0.717, 1.165) is 24.0 Å². The molecular weight excluding hydrogens is 250 g/mol. The number of piperidine rings is 1. The van der Waals surface area contributed by atoms with Crippen LogP contribution in [-0.4, -0.2) is 28.9 Å². The average Bonchev–Trinajstić information content (AvgIpc) is 2.82. The molecule has 0 aliphatic carbocycles. The van der Waals surface area contributed by atoms with Crippen LogP contribution >= 0.6 is 0 Å². The van der Waals surface area contributed by atoms with E-state index in [1.807, 2.05) is 29.2 Å². The quantitative estimate of drug-likeness (QED) is 0.783. The highest BCUT2D eigenvalue weighted by Crippen LogP contribution is 2.25. The predicted octanol–water partition coefficient (Wildman–Crippen LogP) is 2.87. The number of carbonyl (C=O) groups excluding carboxylic acids is 1. The van der Waals surface area contributed by atoms with Crippen molar-refractivity contribution in [2.45, 2.75) is 20.3 Å². The minimum absolute atomic E-state index is 0.0824. The summed E-state index contributed by atoms with van der Waals surface area (Å²) in [5, 5.41) is 0.992. The third-order valence-electron chi connectivity index (χ3n) is 4.07. The van der Waals surface area contributed by atoms with Crippen LogP contribution in [0.1, 0.15) is 30.8 Å². The van der Waals surface area contributed by atoms with Gasteiger partial charge in [-0.05, 0) is 30.4 Å². The summed E-state index contributed by atoms with van der Waals surface area (Å²) in [6.45, 7) is 6.10. The van der Waals surface area contributed by atoms with Crippen LogP contribution in [0.25, 0.3) is 10.9 Å². The number of rotatable bonds is 1. The van der Waals surface area contributed by atoms with Gasteiger partial charge in [0.05, 0.1) is 11.2 Å². The van der Waals surface area contributed by atoms with Crippen LogP contribution in [0.3, 0.4) is 0 Å². The second-order valence-electron chi connectivity index (χ2n) is 6.15. The first kappa shape index (κ1) is 13.0. The molecule has 0 spiro atoms. The molecule has 3 rings (SSSR count). The van der Waals surface area contributed by atoms with Gasteiger partial charge in [0.2, 0.25) is 0 Å². The van der Waals surface area contributed by atoms with Crippen molar-refractivity contribution in [2.75, 3.05) is 18.8 Å². The highest BCUT2D eigenvalue weighted by Gasteiger charge is 2.27. The number of benzene rings is 1. The normalized spacial score (nSPS) is 23.2. The number of aromatic nitrogens is 1. The number of nitrogens with zero attached hydrogens (tertiary/aromatic N) is 1. The van der Waals surface area contributed by atoms with E-state index in [1.54, 1.807) is 0 Å². The lowest BCUT2D eigenvalue weighted by molar-refractivity contribution is 0.0618. The summed E-state index contributed by atoms with van der Waals surface area (Å²) in [6.07, 6.45) is 1.20. The van der Waals surface area contributed by atoms with Crippen molar-refractivity contribution >= 4 is 22.5 Å². The van der Waals surface area contributed by atoms with Crippen molar-refractivity contribution in [3.63, 3.8) is 0 Å². The first-order valence-corrected chi connectivity index (χ1v) is 7.21. The molecule has 20 heavy (non-hydrogen) atoms. The maximum atomic E-state index is 12.6. The molecule has 2 atom stereocenters. The number of anilines is 1. The molecule has 1 aliphatic rings. The van der Waals surface area contributed by atoms with Gasteiger partial charge in [0.25, 0.3) is 5.91 Å². The first-order valence-electron chi connectivity index (χ1n) is 7.21. The fourth-order valence-corrected chi connectivity index (χ4v) is 3.29. The van der Waals surface area contributed by atoms with E-state index < -0.39 is 0 Å². The Bertz CT molecular complexity index is 636. The third-order valence-corrected chi connectivity index (χ3v) is 4.07. The minimum Gasteiger partial charge on any atom is -0.397 e. The number of nitrogen functional groups attached to an aromatic ring is 1. The predicted molar refractivity (Wildman–Crippen MR) is 81.6 cm³/mol. The number of fused-ring (bicyclic) bond motifs is 1. The van der Waals surface area contributed by atoms with Gasteiger partial charge in [0.15, 0.2) is 0 Å². The topological polar surface area (TPSA) is 62.1 Å². The summed E-state index contributed by atoms with van der Waals surface area (Å²) in [7, 11) is 0. The fraction of sp³-hybridized carbons (Fsp3) is 0.438. The van der Waals surface area contributed by atoms with E-state index >= 15 is 0 Å². The molecule has 3 N–H and O–H groups in total. The fourth-order valence-electron chi connectivity index (χ4n) is 3.29. The molecule has 0 saturated carbocycles. The molecular formula is C16H21N3O. The molecule has 2 unspecified atom stereocenters. The number of hydrogen-bond acceptors (Lipinski definition) is 2. The molecule has 106 valence electrons. The summed E-state index contributed by atoms with van der Waals surface area (Å²) in [6, 6.07) is 7.63. The number of nitrogens with two attached hydrogens (primary N) is 1. The van der Waals surface area contributed by atoms with Gasteiger partial charge < -0.3 is 15.6 Å². The molecule has 1 aromatic carbocycles. The van der Waals surface area contributed by atoms with E-state index in [0.29, 0.717) is 23.2 Å². The molecule has 1 saturated heterocycles. The van der Waals surface area contributed by atoms with Gasteiger partial charge in [-0.3, -0.25) is 4.79 Å². The summed E-state index contributed by atoms with van der Waals surface area (Å²) < 4.78 is 0. The second kappa shape index (κ2) is 4.85. The van der Waals surface area contributed by atoms with Crippen LogP contribution in [0.4, 0.5) is 5.69 Å². The molecule has 2 aromatic rings. The van der Waals surface area contributed by atoms with Gasteiger partial charge >= 0.3 is 0 Å². The summed E-state index contributed by atoms with van der Waals surface area (Å²) >= 11 is 0. The molecule has 1 amide bonds.